The maximum Gasteiger partial charge on any atom is 0.271 e. The molecule has 5 heteroatoms. The lowest BCUT2D eigenvalue weighted by molar-refractivity contribution is 0.0955. The third-order valence-electron chi connectivity index (χ3n) is 2.38. The fourth-order valence-electron chi connectivity index (χ4n) is 1.41. The number of amides is 1. The zero-order valence-corrected chi connectivity index (χ0v) is 11.4. The molecule has 0 aliphatic carbocycles. The normalized spacial score (nSPS) is 10.6. The Morgan fingerprint density at radius 2 is 1.84 bits per heavy atom. The molecule has 19 heavy (non-hydrogen) atoms. The van der Waals surface area contributed by atoms with Crippen LogP contribution in [0.25, 0.3) is 0 Å². The largest absolute Gasteiger partial charge is 0.271 e. The minimum Gasteiger partial charge on any atom is -0.267 e. The molecule has 0 aliphatic heterocycles. The molecule has 1 amide bonds. The van der Waals surface area contributed by atoms with Gasteiger partial charge in [-0.15, -0.1) is 0 Å². The van der Waals surface area contributed by atoms with Crippen molar-refractivity contribution in [3.63, 3.8) is 0 Å². The van der Waals surface area contributed by atoms with Gasteiger partial charge in [0.15, 0.2) is 0 Å². The van der Waals surface area contributed by atoms with Gasteiger partial charge in [-0.25, -0.2) is 9.82 Å². The number of benzene rings is 2. The average Bonchev–Trinajstić information content (AvgIpc) is 2.41. The Labute approximate surface area is 118 Å². The molecule has 2 rings (SSSR count). The second-order valence-corrected chi connectivity index (χ2v) is 4.64. The van der Waals surface area contributed by atoms with Gasteiger partial charge in [0.1, 0.15) is 5.82 Å². The molecule has 0 saturated heterocycles. The van der Waals surface area contributed by atoms with Crippen molar-refractivity contribution in [3.05, 3.63) is 69.9 Å². The standard InChI is InChI=1S/C14H10BrFN2O/c15-12-7-5-10(6-8-12)14(19)18-17-9-11-3-1-2-4-13(11)16/h1-9H,(H,18,19)/b17-9-. The molecule has 0 aliphatic rings. The van der Waals surface area contributed by atoms with Crippen molar-refractivity contribution in [2.24, 2.45) is 5.10 Å². The maximum atomic E-state index is 13.3. The summed E-state index contributed by atoms with van der Waals surface area (Å²) >= 11 is 3.28. The monoisotopic (exact) mass is 320 g/mol. The third kappa shape index (κ3) is 3.72. The fourth-order valence-corrected chi connectivity index (χ4v) is 1.67. The highest BCUT2D eigenvalue weighted by molar-refractivity contribution is 9.10. The summed E-state index contributed by atoms with van der Waals surface area (Å²) in [7, 11) is 0. The number of hydrogen-bond donors (Lipinski definition) is 1. The van der Waals surface area contributed by atoms with Crippen LogP contribution >= 0.6 is 15.9 Å². The molecule has 0 fully saturated rings. The van der Waals surface area contributed by atoms with Gasteiger partial charge >= 0.3 is 0 Å². The first-order valence-electron chi connectivity index (χ1n) is 5.50. The maximum absolute atomic E-state index is 13.3. The summed E-state index contributed by atoms with van der Waals surface area (Å²) < 4.78 is 14.2. The Bertz CT molecular complexity index is 611. The summed E-state index contributed by atoms with van der Waals surface area (Å²) in [6.45, 7) is 0. The minimum atomic E-state index is -0.385. The molecule has 2 aromatic rings. The smallest absolute Gasteiger partial charge is 0.267 e. The summed E-state index contributed by atoms with van der Waals surface area (Å²) in [5.74, 6) is -0.732. The number of hydrogen-bond acceptors (Lipinski definition) is 2. The number of carbonyl (C=O) groups excluding carboxylic acids is 1. The Kier molecular flexibility index (Phi) is 4.41. The van der Waals surface area contributed by atoms with E-state index in [-0.39, 0.29) is 11.7 Å². The molecule has 0 bridgehead atoms. The molecule has 96 valence electrons. The molecule has 0 aromatic heterocycles. The SMILES string of the molecule is O=C(N/N=C\c1ccccc1F)c1ccc(Br)cc1. The quantitative estimate of drug-likeness (QED) is 0.684. The lowest BCUT2D eigenvalue weighted by Gasteiger charge is -2.00. The first-order valence-corrected chi connectivity index (χ1v) is 6.29. The first kappa shape index (κ1) is 13.4. The number of carbonyl (C=O) groups is 1. The van der Waals surface area contributed by atoms with E-state index in [9.17, 15) is 9.18 Å². The molecule has 2 aromatic carbocycles. The number of hydrazone groups is 1. The van der Waals surface area contributed by atoms with Crippen LogP contribution in [0.5, 0.6) is 0 Å². The predicted octanol–water partition coefficient (Wildman–Crippen LogP) is 3.35. The molecular formula is C14H10BrFN2O. The average molecular weight is 321 g/mol. The molecule has 0 saturated carbocycles. The second kappa shape index (κ2) is 6.24. The summed E-state index contributed by atoms with van der Waals surface area (Å²) in [5, 5.41) is 3.72. The summed E-state index contributed by atoms with van der Waals surface area (Å²) in [6, 6.07) is 13.0. The molecule has 0 heterocycles. The van der Waals surface area contributed by atoms with Crippen LogP contribution in [0.4, 0.5) is 4.39 Å². The highest BCUT2D eigenvalue weighted by atomic mass is 79.9. The van der Waals surface area contributed by atoms with Crippen molar-refractivity contribution >= 4 is 28.1 Å². The van der Waals surface area contributed by atoms with Crippen molar-refractivity contribution in [2.75, 3.05) is 0 Å². The van der Waals surface area contributed by atoms with Crippen molar-refractivity contribution in [2.45, 2.75) is 0 Å². The van der Waals surface area contributed by atoms with Crippen LogP contribution in [-0.2, 0) is 0 Å². The molecule has 0 spiro atoms. The van der Waals surface area contributed by atoms with E-state index >= 15 is 0 Å². The zero-order chi connectivity index (χ0) is 13.7. The summed E-state index contributed by atoms with van der Waals surface area (Å²) in [5.41, 5.74) is 3.14. The number of nitrogens with one attached hydrogen (secondary N) is 1. The van der Waals surface area contributed by atoms with Gasteiger partial charge in [0, 0.05) is 15.6 Å². The molecule has 1 N–H and O–H groups in total. The van der Waals surface area contributed by atoms with Gasteiger partial charge in [-0.2, -0.15) is 5.10 Å². The van der Waals surface area contributed by atoms with Gasteiger partial charge in [-0.3, -0.25) is 4.79 Å². The summed E-state index contributed by atoms with van der Waals surface area (Å²) in [6.07, 6.45) is 1.27. The van der Waals surface area contributed by atoms with Crippen LogP contribution in [0.1, 0.15) is 15.9 Å². The number of nitrogens with zero attached hydrogens (tertiary/aromatic N) is 1. The molecular weight excluding hydrogens is 311 g/mol. The topological polar surface area (TPSA) is 41.5 Å². The van der Waals surface area contributed by atoms with Crippen LogP contribution in [-0.4, -0.2) is 12.1 Å². The van der Waals surface area contributed by atoms with Gasteiger partial charge in [-0.1, -0.05) is 34.1 Å². The third-order valence-corrected chi connectivity index (χ3v) is 2.91. The molecule has 3 nitrogen and oxygen atoms in total. The van der Waals surface area contributed by atoms with Crippen molar-refractivity contribution in [3.8, 4) is 0 Å². The Morgan fingerprint density at radius 3 is 2.53 bits per heavy atom. The van der Waals surface area contributed by atoms with E-state index in [1.807, 2.05) is 0 Å². The van der Waals surface area contributed by atoms with Crippen LogP contribution in [0, 0.1) is 5.82 Å². The Hall–Kier alpha value is -2.01. The van der Waals surface area contributed by atoms with E-state index in [4.69, 9.17) is 0 Å². The second-order valence-electron chi connectivity index (χ2n) is 3.73. The first-order chi connectivity index (χ1) is 9.16. The van der Waals surface area contributed by atoms with E-state index in [2.05, 4.69) is 26.5 Å². The Balaban J connectivity index is 2.01. The van der Waals surface area contributed by atoms with Crippen LogP contribution in [0.3, 0.4) is 0 Å². The van der Waals surface area contributed by atoms with Gasteiger partial charge in [0.05, 0.1) is 6.21 Å². The zero-order valence-electron chi connectivity index (χ0n) is 9.81. The van der Waals surface area contributed by atoms with E-state index in [1.165, 1.54) is 12.3 Å². The van der Waals surface area contributed by atoms with Crippen molar-refractivity contribution in [1.29, 1.82) is 0 Å². The lowest BCUT2D eigenvalue weighted by atomic mass is 10.2. The number of rotatable bonds is 3. The highest BCUT2D eigenvalue weighted by Gasteiger charge is 2.03. The minimum absolute atomic E-state index is 0.318. The van der Waals surface area contributed by atoms with Gasteiger partial charge in [0.25, 0.3) is 5.91 Å². The summed E-state index contributed by atoms with van der Waals surface area (Å²) in [4.78, 5) is 11.7. The predicted molar refractivity (Wildman–Crippen MR) is 75.6 cm³/mol. The van der Waals surface area contributed by atoms with E-state index in [0.29, 0.717) is 11.1 Å². The lowest BCUT2D eigenvalue weighted by Crippen LogP contribution is -2.17. The van der Waals surface area contributed by atoms with E-state index in [1.54, 1.807) is 42.5 Å². The van der Waals surface area contributed by atoms with E-state index < -0.39 is 0 Å². The van der Waals surface area contributed by atoms with Crippen molar-refractivity contribution in [1.82, 2.24) is 5.43 Å². The van der Waals surface area contributed by atoms with E-state index in [0.717, 1.165) is 4.47 Å². The van der Waals surface area contributed by atoms with Gasteiger partial charge < -0.3 is 0 Å². The van der Waals surface area contributed by atoms with Crippen LogP contribution in [0.2, 0.25) is 0 Å². The van der Waals surface area contributed by atoms with Gasteiger partial charge in [0.2, 0.25) is 0 Å². The molecule has 0 atom stereocenters. The van der Waals surface area contributed by atoms with Crippen molar-refractivity contribution < 1.29 is 9.18 Å². The highest BCUT2D eigenvalue weighted by Crippen LogP contribution is 2.10. The van der Waals surface area contributed by atoms with Crippen LogP contribution < -0.4 is 5.43 Å². The van der Waals surface area contributed by atoms with Crippen LogP contribution in [0.15, 0.2) is 58.1 Å². The Morgan fingerprint density at radius 1 is 1.16 bits per heavy atom. The van der Waals surface area contributed by atoms with Gasteiger partial charge in [-0.05, 0) is 30.3 Å². The molecule has 0 unspecified atom stereocenters. The fraction of sp³-hybridized carbons (Fsp3) is 0. The number of halogens is 2. The molecule has 0 radical (unpaired) electrons.